The van der Waals surface area contributed by atoms with Gasteiger partial charge in [-0.2, -0.15) is 10.4 Å². The molecule has 6 nitrogen and oxygen atoms in total. The van der Waals surface area contributed by atoms with Crippen LogP contribution in [0.1, 0.15) is 17.5 Å². The Bertz CT molecular complexity index is 1010. The number of aromatic nitrogens is 3. The van der Waals surface area contributed by atoms with E-state index in [4.69, 9.17) is 16.9 Å². The van der Waals surface area contributed by atoms with Gasteiger partial charge >= 0.3 is 0 Å². The molecule has 0 aliphatic heterocycles. The molecule has 0 saturated carbocycles. The lowest BCUT2D eigenvalue weighted by atomic mass is 10.1. The number of rotatable bonds is 5. The van der Waals surface area contributed by atoms with E-state index in [1.165, 1.54) is 6.07 Å². The number of H-pyrrole nitrogens is 1. The predicted molar refractivity (Wildman–Crippen MR) is 94.9 cm³/mol. The summed E-state index contributed by atoms with van der Waals surface area (Å²) in [6.07, 6.45) is 3.24. The first-order valence-electron chi connectivity index (χ1n) is 7.81. The molecule has 3 aromatic rings. The number of aromatic amines is 1. The summed E-state index contributed by atoms with van der Waals surface area (Å²) in [6, 6.07) is 7.00. The number of pyridine rings is 1. The topological polar surface area (TPSA) is 94.5 Å². The summed E-state index contributed by atoms with van der Waals surface area (Å²) in [4.78, 5) is 16.0. The monoisotopic (exact) mass is 387 g/mol. The lowest BCUT2D eigenvalue weighted by molar-refractivity contribution is -0.116. The number of aryl methyl sites for hydroxylation is 1. The van der Waals surface area contributed by atoms with Crippen LogP contribution < -0.4 is 5.32 Å². The molecule has 0 fully saturated rings. The van der Waals surface area contributed by atoms with E-state index in [0.29, 0.717) is 5.69 Å². The van der Waals surface area contributed by atoms with E-state index in [2.05, 4.69) is 20.5 Å². The fourth-order valence-electron chi connectivity index (χ4n) is 2.45. The third kappa shape index (κ3) is 4.10. The van der Waals surface area contributed by atoms with E-state index in [1.54, 1.807) is 24.5 Å². The number of hydrogen-bond acceptors (Lipinski definition) is 4. The molecule has 0 spiro atoms. The van der Waals surface area contributed by atoms with Gasteiger partial charge in [0.1, 0.15) is 28.3 Å². The molecule has 1 aromatic carbocycles. The predicted octanol–water partition coefficient (Wildman–Crippen LogP) is 3.85. The number of nitrogens with one attached hydrogen (secondary N) is 2. The van der Waals surface area contributed by atoms with E-state index < -0.39 is 23.1 Å². The van der Waals surface area contributed by atoms with Crippen molar-refractivity contribution < 1.29 is 13.6 Å². The molecule has 0 radical (unpaired) electrons. The number of carbonyl (C=O) groups excluding carboxylic acids is 1. The Morgan fingerprint density at radius 2 is 1.93 bits per heavy atom. The van der Waals surface area contributed by atoms with Crippen molar-refractivity contribution in [3.05, 3.63) is 64.4 Å². The Morgan fingerprint density at radius 1 is 1.26 bits per heavy atom. The van der Waals surface area contributed by atoms with Gasteiger partial charge in [0.25, 0.3) is 0 Å². The van der Waals surface area contributed by atoms with E-state index in [1.807, 2.05) is 0 Å². The van der Waals surface area contributed by atoms with E-state index in [0.717, 1.165) is 17.7 Å². The minimum Gasteiger partial charge on any atom is -0.308 e. The SMILES string of the molecule is N#Cc1c(F)cc(CCC(=O)Nc2n[nH]c(-c3ccncc3)c2Cl)cc1F. The molecule has 3 rings (SSSR count). The molecule has 2 N–H and O–H groups in total. The highest BCUT2D eigenvalue weighted by Gasteiger charge is 2.16. The number of nitrogens with zero attached hydrogens (tertiary/aromatic N) is 3. The maximum atomic E-state index is 13.6. The van der Waals surface area contributed by atoms with Crippen molar-refractivity contribution in [1.29, 1.82) is 5.26 Å². The van der Waals surface area contributed by atoms with Crippen molar-refractivity contribution in [1.82, 2.24) is 15.2 Å². The molecule has 0 saturated heterocycles. The molecule has 2 heterocycles. The summed E-state index contributed by atoms with van der Waals surface area (Å²) < 4.78 is 27.2. The van der Waals surface area contributed by atoms with E-state index >= 15 is 0 Å². The van der Waals surface area contributed by atoms with Gasteiger partial charge < -0.3 is 5.32 Å². The lowest BCUT2D eigenvalue weighted by Crippen LogP contribution is -2.13. The van der Waals surface area contributed by atoms with Gasteiger partial charge in [-0.05, 0) is 36.2 Å². The van der Waals surface area contributed by atoms with Crippen LogP contribution in [0.5, 0.6) is 0 Å². The van der Waals surface area contributed by atoms with Crippen LogP contribution in [0.2, 0.25) is 5.02 Å². The third-order valence-electron chi connectivity index (χ3n) is 3.79. The van der Waals surface area contributed by atoms with Gasteiger partial charge in [-0.15, -0.1) is 0 Å². The molecule has 0 aliphatic carbocycles. The second-order valence-corrected chi connectivity index (χ2v) is 5.97. The first kappa shape index (κ1) is 18.5. The van der Waals surface area contributed by atoms with Crippen LogP contribution in [0.4, 0.5) is 14.6 Å². The zero-order chi connectivity index (χ0) is 19.4. The summed E-state index contributed by atoms with van der Waals surface area (Å²) >= 11 is 6.24. The summed E-state index contributed by atoms with van der Waals surface area (Å²) in [7, 11) is 0. The summed E-state index contributed by atoms with van der Waals surface area (Å²) in [5.74, 6) is -2.17. The highest BCUT2D eigenvalue weighted by atomic mass is 35.5. The second-order valence-electron chi connectivity index (χ2n) is 5.59. The Balaban J connectivity index is 1.66. The molecule has 136 valence electrons. The Morgan fingerprint density at radius 3 is 2.56 bits per heavy atom. The molecule has 0 aliphatic rings. The van der Waals surface area contributed by atoms with Crippen LogP contribution in [0, 0.1) is 23.0 Å². The number of amides is 1. The number of halogens is 3. The van der Waals surface area contributed by atoms with Gasteiger partial charge in [0.15, 0.2) is 5.82 Å². The van der Waals surface area contributed by atoms with E-state index in [-0.39, 0.29) is 29.2 Å². The summed E-state index contributed by atoms with van der Waals surface area (Å²) in [5, 5.41) is 18.2. The Labute approximate surface area is 157 Å². The van der Waals surface area contributed by atoms with Crippen molar-refractivity contribution >= 4 is 23.3 Å². The van der Waals surface area contributed by atoms with Crippen LogP contribution in [-0.2, 0) is 11.2 Å². The molecule has 2 aromatic heterocycles. The van der Waals surface area contributed by atoms with Crippen LogP contribution in [0.15, 0.2) is 36.7 Å². The molecule has 0 bridgehead atoms. The number of anilines is 1. The maximum Gasteiger partial charge on any atom is 0.225 e. The van der Waals surface area contributed by atoms with Crippen molar-refractivity contribution in [2.45, 2.75) is 12.8 Å². The Kier molecular flexibility index (Phi) is 5.43. The van der Waals surface area contributed by atoms with Crippen molar-refractivity contribution in [3.8, 4) is 17.3 Å². The van der Waals surface area contributed by atoms with Gasteiger partial charge in [-0.1, -0.05) is 11.6 Å². The van der Waals surface area contributed by atoms with Crippen LogP contribution >= 0.6 is 11.6 Å². The lowest BCUT2D eigenvalue weighted by Gasteiger charge is -2.05. The summed E-state index contributed by atoms with van der Waals surface area (Å²) in [5.41, 5.74) is 0.914. The standard InChI is InChI=1S/C18H12ClF2N5O/c19-16-17(11-3-5-23-6-4-11)25-26-18(16)24-15(27)2-1-10-7-13(20)12(9-22)14(21)8-10/h3-8H,1-2H2,(H2,24,25,26,27). The first-order chi connectivity index (χ1) is 13.0. The van der Waals surface area contributed by atoms with Crippen LogP contribution in [0.25, 0.3) is 11.3 Å². The highest BCUT2D eigenvalue weighted by Crippen LogP contribution is 2.31. The van der Waals surface area contributed by atoms with Gasteiger partial charge in [0.2, 0.25) is 5.91 Å². The molecule has 0 atom stereocenters. The van der Waals surface area contributed by atoms with Gasteiger partial charge in [-0.25, -0.2) is 8.78 Å². The maximum absolute atomic E-state index is 13.6. The normalized spacial score (nSPS) is 10.4. The Hall–Kier alpha value is -3.31. The van der Waals surface area contributed by atoms with Crippen molar-refractivity contribution in [2.75, 3.05) is 5.32 Å². The average Bonchev–Trinajstić information content (AvgIpc) is 3.01. The second kappa shape index (κ2) is 7.93. The van der Waals surface area contributed by atoms with Crippen molar-refractivity contribution in [2.24, 2.45) is 0 Å². The number of benzene rings is 1. The number of hydrogen-bond donors (Lipinski definition) is 2. The molecular formula is C18H12ClF2N5O. The number of carbonyl (C=O) groups is 1. The zero-order valence-corrected chi connectivity index (χ0v) is 14.5. The minimum atomic E-state index is -0.953. The number of nitriles is 1. The van der Waals surface area contributed by atoms with Crippen LogP contribution in [0.3, 0.4) is 0 Å². The molecule has 1 amide bonds. The van der Waals surface area contributed by atoms with Crippen LogP contribution in [-0.4, -0.2) is 21.1 Å². The summed E-state index contributed by atoms with van der Waals surface area (Å²) in [6.45, 7) is 0. The van der Waals surface area contributed by atoms with Gasteiger partial charge in [-0.3, -0.25) is 14.9 Å². The van der Waals surface area contributed by atoms with E-state index in [9.17, 15) is 13.6 Å². The fraction of sp³-hybridized carbons (Fsp3) is 0.111. The molecular weight excluding hydrogens is 376 g/mol. The van der Waals surface area contributed by atoms with Crippen molar-refractivity contribution in [3.63, 3.8) is 0 Å². The highest BCUT2D eigenvalue weighted by molar-refractivity contribution is 6.35. The molecule has 27 heavy (non-hydrogen) atoms. The smallest absolute Gasteiger partial charge is 0.225 e. The molecule has 9 heteroatoms. The fourth-order valence-corrected chi connectivity index (χ4v) is 2.69. The quantitative estimate of drug-likeness (QED) is 0.695. The third-order valence-corrected chi connectivity index (χ3v) is 4.16. The average molecular weight is 388 g/mol. The zero-order valence-electron chi connectivity index (χ0n) is 13.8. The molecule has 0 unspecified atom stereocenters. The van der Waals surface area contributed by atoms with Gasteiger partial charge in [0.05, 0.1) is 5.69 Å². The first-order valence-corrected chi connectivity index (χ1v) is 8.19. The largest absolute Gasteiger partial charge is 0.308 e. The van der Waals surface area contributed by atoms with Gasteiger partial charge in [0, 0.05) is 24.4 Å². The minimum absolute atomic E-state index is 0.0431.